The van der Waals surface area contributed by atoms with Crippen LogP contribution in [0.5, 0.6) is 0 Å². The third-order valence-corrected chi connectivity index (χ3v) is 4.01. The Morgan fingerprint density at radius 1 is 0.952 bits per heavy atom. The molecule has 108 valence electrons. The van der Waals surface area contributed by atoms with Gasteiger partial charge in [-0.3, -0.25) is 4.79 Å². The largest absolute Gasteiger partial charge is 0.396 e. The number of hydrogen-bond donors (Lipinski definition) is 0. The average molecular weight is 311 g/mol. The van der Waals surface area contributed by atoms with Crippen LogP contribution in [0, 0.1) is 0 Å². The second-order valence-electron chi connectivity index (χ2n) is 5.00. The number of rotatable bonds is 1. The summed E-state index contributed by atoms with van der Waals surface area (Å²) in [6, 6.07) is 11.9. The van der Waals surface area contributed by atoms with E-state index < -0.39 is 23.8 Å². The molecule has 0 saturated heterocycles. The lowest BCUT2D eigenvalue weighted by atomic mass is 9.85. The standard InChI is InChI=1S/C16H10ClF3O/c17-10-7-5-9(6-8-10)13-14(16(18,19)20)11-3-1-2-4-12(11)15(13)21/h1-8,13-14H. The molecule has 2 atom stereocenters. The molecule has 0 heterocycles. The number of alkyl halides is 3. The first-order valence-electron chi connectivity index (χ1n) is 6.35. The maximum atomic E-state index is 13.4. The maximum Gasteiger partial charge on any atom is 0.396 e. The van der Waals surface area contributed by atoms with Gasteiger partial charge in [0.2, 0.25) is 0 Å². The van der Waals surface area contributed by atoms with Gasteiger partial charge in [0, 0.05) is 10.6 Å². The highest BCUT2D eigenvalue weighted by Crippen LogP contribution is 2.52. The Bertz CT molecular complexity index is 691. The van der Waals surface area contributed by atoms with Gasteiger partial charge in [-0.2, -0.15) is 13.2 Å². The summed E-state index contributed by atoms with van der Waals surface area (Å²) in [5, 5.41) is 0.422. The molecule has 1 aliphatic carbocycles. The molecule has 0 radical (unpaired) electrons. The normalized spacial score (nSPS) is 21.4. The van der Waals surface area contributed by atoms with Gasteiger partial charge in [0.05, 0.1) is 11.8 Å². The number of Topliss-reactive ketones (excluding diaryl/α,β-unsaturated/α-hetero) is 1. The summed E-state index contributed by atoms with van der Waals surface area (Å²) in [6.45, 7) is 0. The van der Waals surface area contributed by atoms with E-state index in [0.29, 0.717) is 10.6 Å². The molecule has 1 aliphatic rings. The van der Waals surface area contributed by atoms with Crippen LogP contribution in [-0.4, -0.2) is 12.0 Å². The van der Waals surface area contributed by atoms with E-state index in [9.17, 15) is 18.0 Å². The molecule has 0 bridgehead atoms. The van der Waals surface area contributed by atoms with E-state index >= 15 is 0 Å². The van der Waals surface area contributed by atoms with Crippen molar-refractivity contribution in [2.75, 3.05) is 0 Å². The van der Waals surface area contributed by atoms with Crippen molar-refractivity contribution in [2.24, 2.45) is 0 Å². The molecule has 3 rings (SSSR count). The molecule has 0 N–H and O–H groups in total. The van der Waals surface area contributed by atoms with Gasteiger partial charge in [0.1, 0.15) is 0 Å². The van der Waals surface area contributed by atoms with E-state index in [0.717, 1.165) is 0 Å². The van der Waals surface area contributed by atoms with Crippen molar-refractivity contribution in [1.82, 2.24) is 0 Å². The number of benzene rings is 2. The Morgan fingerprint density at radius 2 is 1.57 bits per heavy atom. The van der Waals surface area contributed by atoms with Crippen molar-refractivity contribution in [3.63, 3.8) is 0 Å². The number of carbonyl (C=O) groups excluding carboxylic acids is 1. The number of ketones is 1. The number of fused-ring (bicyclic) bond motifs is 1. The predicted molar refractivity (Wildman–Crippen MR) is 73.8 cm³/mol. The number of halogens is 4. The number of carbonyl (C=O) groups is 1. The summed E-state index contributed by atoms with van der Waals surface area (Å²) in [5.41, 5.74) is 0.539. The number of hydrogen-bond acceptors (Lipinski definition) is 1. The zero-order valence-electron chi connectivity index (χ0n) is 10.7. The summed E-state index contributed by atoms with van der Waals surface area (Å²) in [5.74, 6) is -3.53. The van der Waals surface area contributed by atoms with Crippen molar-refractivity contribution in [1.29, 1.82) is 0 Å². The van der Waals surface area contributed by atoms with Gasteiger partial charge >= 0.3 is 6.18 Å². The summed E-state index contributed by atoms with van der Waals surface area (Å²) in [4.78, 5) is 12.4. The van der Waals surface area contributed by atoms with E-state index in [4.69, 9.17) is 11.6 Å². The molecule has 2 unspecified atom stereocenters. The minimum absolute atomic E-state index is 0.0509. The highest BCUT2D eigenvalue weighted by atomic mass is 35.5. The Labute approximate surface area is 124 Å². The van der Waals surface area contributed by atoms with Crippen LogP contribution in [0.15, 0.2) is 48.5 Å². The molecule has 0 spiro atoms. The zero-order chi connectivity index (χ0) is 15.2. The molecule has 0 fully saturated rings. The molecule has 2 aromatic carbocycles. The van der Waals surface area contributed by atoms with Gasteiger partial charge in [0.25, 0.3) is 0 Å². The fourth-order valence-electron chi connectivity index (χ4n) is 2.87. The van der Waals surface area contributed by atoms with Gasteiger partial charge < -0.3 is 0 Å². The first-order chi connectivity index (χ1) is 9.89. The summed E-state index contributed by atoms with van der Waals surface area (Å²) in [6.07, 6.45) is -4.48. The topological polar surface area (TPSA) is 17.1 Å². The first kappa shape index (κ1) is 14.1. The molecular formula is C16H10ClF3O. The second kappa shape index (κ2) is 4.88. The summed E-state index contributed by atoms with van der Waals surface area (Å²) in [7, 11) is 0. The van der Waals surface area contributed by atoms with E-state index in [-0.39, 0.29) is 11.1 Å². The third kappa shape index (κ3) is 2.33. The fourth-order valence-corrected chi connectivity index (χ4v) is 3.00. The lowest BCUT2D eigenvalue weighted by Gasteiger charge is -2.22. The average Bonchev–Trinajstić information content (AvgIpc) is 2.73. The zero-order valence-corrected chi connectivity index (χ0v) is 11.4. The van der Waals surface area contributed by atoms with Crippen LogP contribution in [0.2, 0.25) is 5.02 Å². The van der Waals surface area contributed by atoms with Gasteiger partial charge in [-0.15, -0.1) is 0 Å². The quantitative estimate of drug-likeness (QED) is 0.727. The van der Waals surface area contributed by atoms with Crippen LogP contribution in [0.3, 0.4) is 0 Å². The molecule has 0 saturated carbocycles. The lowest BCUT2D eigenvalue weighted by molar-refractivity contribution is -0.151. The van der Waals surface area contributed by atoms with Crippen molar-refractivity contribution >= 4 is 17.4 Å². The molecule has 1 nitrogen and oxygen atoms in total. The van der Waals surface area contributed by atoms with E-state index in [2.05, 4.69) is 0 Å². The van der Waals surface area contributed by atoms with Crippen LogP contribution >= 0.6 is 11.6 Å². The van der Waals surface area contributed by atoms with Crippen molar-refractivity contribution < 1.29 is 18.0 Å². The van der Waals surface area contributed by atoms with Crippen molar-refractivity contribution in [3.8, 4) is 0 Å². The Kier molecular flexibility index (Phi) is 3.29. The molecule has 5 heteroatoms. The Balaban J connectivity index is 2.16. The van der Waals surface area contributed by atoms with Crippen LogP contribution in [-0.2, 0) is 0 Å². The Morgan fingerprint density at radius 3 is 2.19 bits per heavy atom. The Hall–Kier alpha value is -1.81. The van der Waals surface area contributed by atoms with Crippen molar-refractivity contribution in [3.05, 3.63) is 70.2 Å². The highest BCUT2D eigenvalue weighted by Gasteiger charge is 2.54. The smallest absolute Gasteiger partial charge is 0.293 e. The molecule has 0 aliphatic heterocycles. The monoisotopic (exact) mass is 310 g/mol. The molecular weight excluding hydrogens is 301 g/mol. The SMILES string of the molecule is O=C1c2ccccc2C(C(F)(F)F)C1c1ccc(Cl)cc1. The van der Waals surface area contributed by atoms with Gasteiger partial charge in [-0.25, -0.2) is 0 Å². The van der Waals surface area contributed by atoms with Crippen molar-refractivity contribution in [2.45, 2.75) is 18.0 Å². The van der Waals surface area contributed by atoms with E-state index in [1.54, 1.807) is 6.07 Å². The first-order valence-corrected chi connectivity index (χ1v) is 6.72. The third-order valence-electron chi connectivity index (χ3n) is 3.76. The van der Waals surface area contributed by atoms with Gasteiger partial charge in [-0.1, -0.05) is 48.0 Å². The van der Waals surface area contributed by atoms with Crippen LogP contribution in [0.4, 0.5) is 13.2 Å². The summed E-state index contributed by atoms with van der Waals surface area (Å²) < 4.78 is 40.3. The van der Waals surface area contributed by atoms with Crippen LogP contribution < -0.4 is 0 Å². The highest BCUT2D eigenvalue weighted by molar-refractivity contribution is 6.30. The minimum Gasteiger partial charge on any atom is -0.293 e. The summed E-state index contributed by atoms with van der Waals surface area (Å²) >= 11 is 5.76. The minimum atomic E-state index is -4.48. The predicted octanol–water partition coefficient (Wildman–Crippen LogP) is 4.97. The lowest BCUT2D eigenvalue weighted by Crippen LogP contribution is -2.25. The second-order valence-corrected chi connectivity index (χ2v) is 5.44. The van der Waals surface area contributed by atoms with Gasteiger partial charge in [-0.05, 0) is 23.3 Å². The molecule has 21 heavy (non-hydrogen) atoms. The molecule has 0 aromatic heterocycles. The maximum absolute atomic E-state index is 13.4. The van der Waals surface area contributed by atoms with E-state index in [1.165, 1.54) is 42.5 Å². The molecule has 2 aromatic rings. The fraction of sp³-hybridized carbons (Fsp3) is 0.188. The molecule has 0 amide bonds. The van der Waals surface area contributed by atoms with Crippen LogP contribution in [0.1, 0.15) is 33.3 Å². The van der Waals surface area contributed by atoms with Crippen LogP contribution in [0.25, 0.3) is 0 Å². The van der Waals surface area contributed by atoms with E-state index in [1.807, 2.05) is 0 Å². The van der Waals surface area contributed by atoms with Gasteiger partial charge in [0.15, 0.2) is 5.78 Å².